The lowest BCUT2D eigenvalue weighted by atomic mass is 9.85. The third kappa shape index (κ3) is 3.30. The molecular formula is C14H21NO2. The van der Waals surface area contributed by atoms with E-state index in [9.17, 15) is 4.79 Å². The zero-order chi connectivity index (χ0) is 13.0. The lowest BCUT2D eigenvalue weighted by Gasteiger charge is -2.25. The molecule has 3 nitrogen and oxygen atoms in total. The molecule has 17 heavy (non-hydrogen) atoms. The predicted molar refractivity (Wildman–Crippen MR) is 68.5 cm³/mol. The maximum Gasteiger partial charge on any atom is 0.310 e. The zero-order valence-corrected chi connectivity index (χ0v) is 10.9. The first-order valence-corrected chi connectivity index (χ1v) is 5.87. The van der Waals surface area contributed by atoms with Crippen LogP contribution in [0.25, 0.3) is 0 Å². The van der Waals surface area contributed by atoms with E-state index in [4.69, 9.17) is 10.5 Å². The van der Waals surface area contributed by atoms with Gasteiger partial charge in [-0.25, -0.2) is 0 Å². The average molecular weight is 235 g/mol. The topological polar surface area (TPSA) is 52.3 Å². The van der Waals surface area contributed by atoms with E-state index in [-0.39, 0.29) is 23.8 Å². The first-order chi connectivity index (χ1) is 7.97. The molecule has 1 aromatic carbocycles. The SMILES string of the molecule is COC(=O)C(C(C)C)C(N)c1ccc(C)cc1. The number of benzene rings is 1. The molecule has 0 aliphatic carbocycles. The van der Waals surface area contributed by atoms with Crippen molar-refractivity contribution in [3.63, 3.8) is 0 Å². The van der Waals surface area contributed by atoms with Crippen molar-refractivity contribution in [3.8, 4) is 0 Å². The Hall–Kier alpha value is -1.35. The van der Waals surface area contributed by atoms with Crippen LogP contribution in [0.5, 0.6) is 0 Å². The fraction of sp³-hybridized carbons (Fsp3) is 0.500. The van der Waals surface area contributed by atoms with Crippen LogP contribution in [0.3, 0.4) is 0 Å². The minimum Gasteiger partial charge on any atom is -0.469 e. The fourth-order valence-corrected chi connectivity index (χ4v) is 1.97. The van der Waals surface area contributed by atoms with Gasteiger partial charge in [-0.3, -0.25) is 4.79 Å². The number of ether oxygens (including phenoxy) is 1. The summed E-state index contributed by atoms with van der Waals surface area (Å²) < 4.78 is 4.82. The van der Waals surface area contributed by atoms with E-state index in [0.29, 0.717) is 0 Å². The Kier molecular flexibility index (Phi) is 4.70. The van der Waals surface area contributed by atoms with Crippen molar-refractivity contribution in [1.29, 1.82) is 0 Å². The van der Waals surface area contributed by atoms with Crippen molar-refractivity contribution in [2.45, 2.75) is 26.8 Å². The molecule has 94 valence electrons. The third-order valence-electron chi connectivity index (χ3n) is 3.04. The van der Waals surface area contributed by atoms with Crippen molar-refractivity contribution < 1.29 is 9.53 Å². The molecule has 2 unspecified atom stereocenters. The monoisotopic (exact) mass is 235 g/mol. The van der Waals surface area contributed by atoms with Gasteiger partial charge >= 0.3 is 5.97 Å². The van der Waals surface area contributed by atoms with Gasteiger partial charge in [-0.1, -0.05) is 43.7 Å². The van der Waals surface area contributed by atoms with Crippen LogP contribution in [-0.4, -0.2) is 13.1 Å². The van der Waals surface area contributed by atoms with Gasteiger partial charge < -0.3 is 10.5 Å². The van der Waals surface area contributed by atoms with E-state index in [1.807, 2.05) is 45.0 Å². The van der Waals surface area contributed by atoms with Gasteiger partial charge in [-0.05, 0) is 18.4 Å². The van der Waals surface area contributed by atoms with Crippen molar-refractivity contribution in [2.75, 3.05) is 7.11 Å². The minimum absolute atomic E-state index is 0.152. The van der Waals surface area contributed by atoms with E-state index < -0.39 is 0 Å². The standard InChI is InChI=1S/C14H21NO2/c1-9(2)12(14(16)17-4)13(15)11-7-5-10(3)6-8-11/h5-9,12-13H,15H2,1-4H3. The highest BCUT2D eigenvalue weighted by atomic mass is 16.5. The van der Waals surface area contributed by atoms with Crippen LogP contribution in [0.15, 0.2) is 24.3 Å². The quantitative estimate of drug-likeness (QED) is 0.815. The molecule has 0 aliphatic heterocycles. The third-order valence-corrected chi connectivity index (χ3v) is 3.04. The van der Waals surface area contributed by atoms with Gasteiger partial charge in [0.05, 0.1) is 13.0 Å². The highest BCUT2D eigenvalue weighted by Crippen LogP contribution is 2.27. The molecular weight excluding hydrogens is 214 g/mol. The molecule has 0 radical (unpaired) electrons. The van der Waals surface area contributed by atoms with E-state index in [1.165, 1.54) is 12.7 Å². The first-order valence-electron chi connectivity index (χ1n) is 5.87. The number of methoxy groups -OCH3 is 1. The van der Waals surface area contributed by atoms with Crippen LogP contribution in [0.2, 0.25) is 0 Å². The Balaban J connectivity index is 2.95. The summed E-state index contributed by atoms with van der Waals surface area (Å²) in [5, 5.41) is 0. The van der Waals surface area contributed by atoms with Gasteiger partial charge in [0.1, 0.15) is 0 Å². The summed E-state index contributed by atoms with van der Waals surface area (Å²) in [5.74, 6) is -0.394. The van der Waals surface area contributed by atoms with Crippen molar-refractivity contribution in [3.05, 3.63) is 35.4 Å². The molecule has 1 aromatic rings. The van der Waals surface area contributed by atoms with Gasteiger partial charge in [0, 0.05) is 6.04 Å². The lowest BCUT2D eigenvalue weighted by Crippen LogP contribution is -2.33. The Labute approximate surface area is 103 Å². The summed E-state index contributed by atoms with van der Waals surface area (Å²) in [6.07, 6.45) is 0. The van der Waals surface area contributed by atoms with E-state index in [2.05, 4.69) is 0 Å². The van der Waals surface area contributed by atoms with Gasteiger partial charge in [-0.15, -0.1) is 0 Å². The maximum absolute atomic E-state index is 11.7. The molecule has 0 saturated carbocycles. The number of hydrogen-bond acceptors (Lipinski definition) is 3. The molecule has 0 spiro atoms. The van der Waals surface area contributed by atoms with Gasteiger partial charge in [0.2, 0.25) is 0 Å². The summed E-state index contributed by atoms with van der Waals surface area (Å²) in [5.41, 5.74) is 8.32. The van der Waals surface area contributed by atoms with Crippen LogP contribution in [0.1, 0.15) is 31.0 Å². The molecule has 0 saturated heterocycles. The molecule has 0 amide bonds. The second kappa shape index (κ2) is 5.82. The predicted octanol–water partition coefficient (Wildman–Crippen LogP) is 2.44. The Morgan fingerprint density at radius 2 is 1.76 bits per heavy atom. The van der Waals surface area contributed by atoms with E-state index in [1.54, 1.807) is 0 Å². The number of aryl methyl sites for hydroxylation is 1. The summed E-state index contributed by atoms with van der Waals surface area (Å²) in [6.45, 7) is 5.99. The summed E-state index contributed by atoms with van der Waals surface area (Å²) >= 11 is 0. The number of esters is 1. The van der Waals surface area contributed by atoms with Crippen LogP contribution < -0.4 is 5.73 Å². The van der Waals surface area contributed by atoms with Crippen molar-refractivity contribution >= 4 is 5.97 Å². The van der Waals surface area contributed by atoms with Crippen molar-refractivity contribution in [1.82, 2.24) is 0 Å². The highest BCUT2D eigenvalue weighted by molar-refractivity contribution is 5.73. The summed E-state index contributed by atoms with van der Waals surface area (Å²) in [6, 6.07) is 7.63. The molecule has 2 atom stereocenters. The average Bonchev–Trinajstić information content (AvgIpc) is 2.29. The minimum atomic E-state index is -0.317. The first kappa shape index (κ1) is 13.7. The van der Waals surface area contributed by atoms with E-state index in [0.717, 1.165) is 5.56 Å². The van der Waals surface area contributed by atoms with Gasteiger partial charge in [0.15, 0.2) is 0 Å². The Bertz CT molecular complexity index is 370. The van der Waals surface area contributed by atoms with Crippen LogP contribution in [-0.2, 0) is 9.53 Å². The number of rotatable bonds is 4. The maximum atomic E-state index is 11.7. The van der Waals surface area contributed by atoms with Gasteiger partial charge in [0.25, 0.3) is 0 Å². The fourth-order valence-electron chi connectivity index (χ4n) is 1.97. The molecule has 2 N–H and O–H groups in total. The molecule has 0 fully saturated rings. The van der Waals surface area contributed by atoms with Crippen LogP contribution in [0.4, 0.5) is 0 Å². The number of carbonyl (C=O) groups is 1. The largest absolute Gasteiger partial charge is 0.469 e. The van der Waals surface area contributed by atoms with Gasteiger partial charge in [-0.2, -0.15) is 0 Å². The van der Waals surface area contributed by atoms with Crippen molar-refractivity contribution in [2.24, 2.45) is 17.6 Å². The lowest BCUT2D eigenvalue weighted by molar-refractivity contribution is -0.147. The normalized spacial score (nSPS) is 14.5. The van der Waals surface area contributed by atoms with E-state index >= 15 is 0 Å². The van der Waals surface area contributed by atoms with Crippen LogP contribution in [0, 0.1) is 18.8 Å². The zero-order valence-electron chi connectivity index (χ0n) is 10.9. The molecule has 0 heterocycles. The molecule has 0 aliphatic rings. The molecule has 3 heteroatoms. The Morgan fingerprint density at radius 3 is 2.18 bits per heavy atom. The highest BCUT2D eigenvalue weighted by Gasteiger charge is 2.30. The molecule has 0 bridgehead atoms. The summed E-state index contributed by atoms with van der Waals surface area (Å²) in [7, 11) is 1.40. The molecule has 0 aromatic heterocycles. The second-order valence-electron chi connectivity index (χ2n) is 4.73. The molecule has 1 rings (SSSR count). The number of carbonyl (C=O) groups excluding carboxylic acids is 1. The Morgan fingerprint density at radius 1 is 1.24 bits per heavy atom. The number of hydrogen-bond donors (Lipinski definition) is 1. The number of nitrogens with two attached hydrogens (primary N) is 1. The van der Waals surface area contributed by atoms with Crippen LogP contribution >= 0.6 is 0 Å². The smallest absolute Gasteiger partial charge is 0.310 e. The summed E-state index contributed by atoms with van der Waals surface area (Å²) in [4.78, 5) is 11.7. The second-order valence-corrected chi connectivity index (χ2v) is 4.73.